The summed E-state index contributed by atoms with van der Waals surface area (Å²) < 4.78 is 5.46. The maximum absolute atomic E-state index is 12.4. The second-order valence-corrected chi connectivity index (χ2v) is 7.11. The number of rotatable bonds is 4. The number of carbonyl (C=O) groups is 1. The summed E-state index contributed by atoms with van der Waals surface area (Å²) in [6, 6.07) is 8.92. The van der Waals surface area contributed by atoms with Crippen LogP contribution in [-0.2, 0) is 4.74 Å². The minimum Gasteiger partial charge on any atom is -0.379 e. The molecule has 1 atom stereocenters. The fraction of sp³-hybridized carbons (Fsp3) is 0.529. The molecule has 0 aliphatic carbocycles. The lowest BCUT2D eigenvalue weighted by molar-refractivity contribution is -0.0129. The Kier molecular flexibility index (Phi) is 5.21. The molecule has 2 saturated heterocycles. The molecule has 0 radical (unpaired) electrons. The average Bonchev–Trinajstić information content (AvgIpc) is 3.11. The lowest BCUT2D eigenvalue weighted by Gasteiger charge is -2.43. The zero-order valence-corrected chi connectivity index (χ0v) is 13.9. The van der Waals surface area contributed by atoms with Gasteiger partial charge in [-0.2, -0.15) is 17.0 Å². The number of hydrogen-bond donors (Lipinski definition) is 1. The molecule has 23 heavy (non-hydrogen) atoms. The van der Waals surface area contributed by atoms with Gasteiger partial charge < -0.3 is 10.1 Å². The number of benzene rings is 1. The predicted molar refractivity (Wildman–Crippen MR) is 90.6 cm³/mol. The van der Waals surface area contributed by atoms with E-state index < -0.39 is 0 Å². The molecule has 2 aliphatic rings. The van der Waals surface area contributed by atoms with Gasteiger partial charge in [0.05, 0.1) is 24.8 Å². The van der Waals surface area contributed by atoms with Crippen LogP contribution in [0.5, 0.6) is 0 Å². The van der Waals surface area contributed by atoms with Crippen LogP contribution in [0.2, 0.25) is 0 Å². The minimum atomic E-state index is -0.105. The van der Waals surface area contributed by atoms with Gasteiger partial charge in [-0.15, -0.1) is 0 Å². The first-order chi connectivity index (χ1) is 11.2. The van der Waals surface area contributed by atoms with Gasteiger partial charge in [-0.1, -0.05) is 6.07 Å². The molecular weight excluding hydrogens is 310 g/mol. The molecule has 122 valence electrons. The molecule has 0 saturated carbocycles. The third kappa shape index (κ3) is 3.69. The molecule has 0 aromatic heterocycles. The second kappa shape index (κ2) is 7.35. The van der Waals surface area contributed by atoms with Crippen molar-refractivity contribution in [3.8, 4) is 6.07 Å². The molecule has 3 rings (SSSR count). The Labute approximate surface area is 141 Å². The molecule has 1 amide bonds. The summed E-state index contributed by atoms with van der Waals surface area (Å²) in [6.07, 6.45) is 1.09. The van der Waals surface area contributed by atoms with Crippen LogP contribution in [0.3, 0.4) is 0 Å². The summed E-state index contributed by atoms with van der Waals surface area (Å²) >= 11 is 1.95. The highest BCUT2D eigenvalue weighted by Crippen LogP contribution is 2.33. The van der Waals surface area contributed by atoms with E-state index in [-0.39, 0.29) is 11.4 Å². The van der Waals surface area contributed by atoms with E-state index in [2.05, 4.69) is 16.3 Å². The lowest BCUT2D eigenvalue weighted by atomic mass is 9.95. The predicted octanol–water partition coefficient (Wildman–Crippen LogP) is 1.50. The lowest BCUT2D eigenvalue weighted by Crippen LogP contribution is -2.59. The Morgan fingerprint density at radius 2 is 2.26 bits per heavy atom. The van der Waals surface area contributed by atoms with E-state index in [4.69, 9.17) is 10.00 Å². The Balaban J connectivity index is 1.66. The molecule has 2 aliphatic heterocycles. The summed E-state index contributed by atoms with van der Waals surface area (Å²) in [7, 11) is 0. The topological polar surface area (TPSA) is 65.4 Å². The number of hydrogen-bond acceptors (Lipinski definition) is 5. The normalized spacial score (nSPS) is 25.0. The summed E-state index contributed by atoms with van der Waals surface area (Å²) in [5.74, 6) is 2.08. The first-order valence-corrected chi connectivity index (χ1v) is 9.08. The van der Waals surface area contributed by atoms with E-state index in [0.717, 1.165) is 44.2 Å². The van der Waals surface area contributed by atoms with E-state index in [9.17, 15) is 4.79 Å². The molecule has 0 spiro atoms. The van der Waals surface area contributed by atoms with Crippen molar-refractivity contribution in [2.45, 2.75) is 12.0 Å². The van der Waals surface area contributed by atoms with Gasteiger partial charge in [0.1, 0.15) is 0 Å². The maximum Gasteiger partial charge on any atom is 0.251 e. The van der Waals surface area contributed by atoms with E-state index >= 15 is 0 Å². The third-order valence-corrected chi connectivity index (χ3v) is 5.83. The molecule has 0 bridgehead atoms. The molecule has 5 nitrogen and oxygen atoms in total. The van der Waals surface area contributed by atoms with Gasteiger partial charge >= 0.3 is 0 Å². The van der Waals surface area contributed by atoms with Crippen molar-refractivity contribution in [3.05, 3.63) is 35.4 Å². The molecule has 2 heterocycles. The Bertz CT molecular complexity index is 602. The maximum atomic E-state index is 12.4. The van der Waals surface area contributed by atoms with Gasteiger partial charge in [-0.05, 0) is 30.4 Å². The standard InChI is InChI=1S/C17H21N3O2S/c18-11-14-2-1-3-15(10-14)16(21)19-12-17(4-9-23-13-17)20-5-7-22-8-6-20/h1-3,10H,4-9,12-13H2,(H,19,21)/t17-/m1/s1. The van der Waals surface area contributed by atoms with E-state index in [1.807, 2.05) is 11.8 Å². The monoisotopic (exact) mass is 331 g/mol. The minimum absolute atomic E-state index is 0.0386. The highest BCUT2D eigenvalue weighted by Gasteiger charge is 2.40. The number of carbonyl (C=O) groups excluding carboxylic acids is 1. The molecule has 6 heteroatoms. The zero-order chi connectivity index (χ0) is 16.1. The van der Waals surface area contributed by atoms with Crippen molar-refractivity contribution in [1.29, 1.82) is 5.26 Å². The Morgan fingerprint density at radius 1 is 1.43 bits per heavy atom. The van der Waals surface area contributed by atoms with Crippen LogP contribution in [-0.4, -0.2) is 60.7 Å². The Morgan fingerprint density at radius 3 is 2.96 bits per heavy atom. The van der Waals surface area contributed by atoms with Gasteiger partial charge in [0.2, 0.25) is 0 Å². The molecule has 1 N–H and O–H groups in total. The quantitative estimate of drug-likeness (QED) is 0.906. The zero-order valence-electron chi connectivity index (χ0n) is 13.1. The SMILES string of the molecule is N#Cc1cccc(C(=O)NC[C@]2(N3CCOCC3)CCSC2)c1. The average molecular weight is 331 g/mol. The molecule has 0 unspecified atom stereocenters. The highest BCUT2D eigenvalue weighted by atomic mass is 32.2. The van der Waals surface area contributed by atoms with Crippen LogP contribution in [0.15, 0.2) is 24.3 Å². The number of amides is 1. The fourth-order valence-corrected chi connectivity index (χ4v) is 4.69. The van der Waals surface area contributed by atoms with E-state index in [1.165, 1.54) is 0 Å². The number of nitrogens with one attached hydrogen (secondary N) is 1. The van der Waals surface area contributed by atoms with Crippen molar-refractivity contribution in [2.24, 2.45) is 0 Å². The van der Waals surface area contributed by atoms with Gasteiger partial charge in [-0.3, -0.25) is 9.69 Å². The van der Waals surface area contributed by atoms with Gasteiger partial charge in [0.15, 0.2) is 0 Å². The third-order valence-electron chi connectivity index (χ3n) is 4.60. The molecule has 2 fully saturated rings. The molecular formula is C17H21N3O2S. The first-order valence-electron chi connectivity index (χ1n) is 7.92. The number of morpholine rings is 1. The van der Waals surface area contributed by atoms with Crippen molar-refractivity contribution in [2.75, 3.05) is 44.4 Å². The van der Waals surface area contributed by atoms with Crippen molar-refractivity contribution >= 4 is 17.7 Å². The van der Waals surface area contributed by atoms with Crippen molar-refractivity contribution < 1.29 is 9.53 Å². The second-order valence-electron chi connectivity index (χ2n) is 6.00. The first kappa shape index (κ1) is 16.3. The van der Waals surface area contributed by atoms with Crippen molar-refractivity contribution in [1.82, 2.24) is 10.2 Å². The van der Waals surface area contributed by atoms with Gasteiger partial charge in [0, 0.05) is 36.5 Å². The number of nitrogens with zero attached hydrogens (tertiary/aromatic N) is 2. The smallest absolute Gasteiger partial charge is 0.251 e. The van der Waals surface area contributed by atoms with Crippen LogP contribution in [0.25, 0.3) is 0 Å². The summed E-state index contributed by atoms with van der Waals surface area (Å²) in [5.41, 5.74) is 1.10. The largest absolute Gasteiger partial charge is 0.379 e. The number of thioether (sulfide) groups is 1. The summed E-state index contributed by atoms with van der Waals surface area (Å²) in [4.78, 5) is 14.9. The molecule has 1 aromatic carbocycles. The summed E-state index contributed by atoms with van der Waals surface area (Å²) in [6.45, 7) is 4.05. The van der Waals surface area contributed by atoms with Crippen LogP contribution in [0, 0.1) is 11.3 Å². The van der Waals surface area contributed by atoms with E-state index in [0.29, 0.717) is 17.7 Å². The number of ether oxygens (including phenoxy) is 1. The fourth-order valence-electron chi connectivity index (χ4n) is 3.21. The van der Waals surface area contributed by atoms with Gasteiger partial charge in [-0.25, -0.2) is 0 Å². The summed E-state index contributed by atoms with van der Waals surface area (Å²) in [5, 5.41) is 12.0. The number of nitriles is 1. The van der Waals surface area contributed by atoms with Crippen LogP contribution >= 0.6 is 11.8 Å². The van der Waals surface area contributed by atoms with E-state index in [1.54, 1.807) is 24.3 Å². The van der Waals surface area contributed by atoms with Crippen molar-refractivity contribution in [3.63, 3.8) is 0 Å². The van der Waals surface area contributed by atoms with Crippen LogP contribution in [0.1, 0.15) is 22.3 Å². The van der Waals surface area contributed by atoms with Crippen LogP contribution in [0.4, 0.5) is 0 Å². The highest BCUT2D eigenvalue weighted by molar-refractivity contribution is 7.99. The Hall–Kier alpha value is -1.55. The van der Waals surface area contributed by atoms with Gasteiger partial charge in [0.25, 0.3) is 5.91 Å². The molecule has 1 aromatic rings. The van der Waals surface area contributed by atoms with Crippen LogP contribution < -0.4 is 5.32 Å².